The highest BCUT2D eigenvalue weighted by atomic mass is 16.5. The Morgan fingerprint density at radius 3 is 2.78 bits per heavy atom. The lowest BCUT2D eigenvalue weighted by molar-refractivity contribution is -0.135. The van der Waals surface area contributed by atoms with Crippen LogP contribution in [0.1, 0.15) is 42.3 Å². The summed E-state index contributed by atoms with van der Waals surface area (Å²) in [5, 5.41) is 6.71. The number of nitrogens with one attached hydrogen (secondary N) is 2. The fourth-order valence-corrected chi connectivity index (χ4v) is 3.49. The van der Waals surface area contributed by atoms with Gasteiger partial charge in [0.2, 0.25) is 11.7 Å². The van der Waals surface area contributed by atoms with Gasteiger partial charge in [0, 0.05) is 44.1 Å². The fraction of sp³-hybridized carbons (Fsp3) is 0.556. The van der Waals surface area contributed by atoms with Crippen LogP contribution in [0, 0.1) is 6.92 Å². The van der Waals surface area contributed by atoms with Gasteiger partial charge in [-0.3, -0.25) is 14.5 Å². The van der Waals surface area contributed by atoms with Crippen molar-refractivity contribution in [2.75, 3.05) is 19.6 Å². The summed E-state index contributed by atoms with van der Waals surface area (Å²) in [6.07, 6.45) is 4.01. The van der Waals surface area contributed by atoms with Crippen LogP contribution in [0.15, 0.2) is 23.0 Å². The molecule has 1 saturated heterocycles. The van der Waals surface area contributed by atoms with Crippen molar-refractivity contribution >= 4 is 11.8 Å². The molecule has 9 nitrogen and oxygen atoms in total. The van der Waals surface area contributed by atoms with Crippen molar-refractivity contribution in [2.45, 2.75) is 45.8 Å². The molecule has 0 aliphatic carbocycles. The molecule has 2 aromatic heterocycles. The largest absolute Gasteiger partial charge is 0.351 e. The predicted molar refractivity (Wildman–Crippen MR) is 97.8 cm³/mol. The molecule has 27 heavy (non-hydrogen) atoms. The summed E-state index contributed by atoms with van der Waals surface area (Å²) in [6.45, 7) is 8.12. The molecule has 2 N–H and O–H groups in total. The van der Waals surface area contributed by atoms with Crippen molar-refractivity contribution in [3.8, 4) is 0 Å². The summed E-state index contributed by atoms with van der Waals surface area (Å²) >= 11 is 0. The number of imidazole rings is 1. The Labute approximate surface area is 158 Å². The minimum absolute atomic E-state index is 0.0822. The molecule has 2 atom stereocenters. The molecule has 0 spiro atoms. The normalized spacial score (nSPS) is 20.0. The monoisotopic (exact) mass is 374 g/mol. The van der Waals surface area contributed by atoms with Crippen molar-refractivity contribution in [3.05, 3.63) is 35.7 Å². The molecule has 0 radical (unpaired) electrons. The van der Waals surface area contributed by atoms with Crippen LogP contribution >= 0.6 is 0 Å². The number of rotatable bonds is 7. The molecule has 1 fully saturated rings. The van der Waals surface area contributed by atoms with E-state index in [-0.39, 0.29) is 29.7 Å². The first-order valence-electron chi connectivity index (χ1n) is 9.27. The number of aromatic amines is 1. The topological polar surface area (TPSA) is 107 Å². The van der Waals surface area contributed by atoms with Crippen molar-refractivity contribution in [1.82, 2.24) is 30.2 Å². The maximum absolute atomic E-state index is 13.0. The van der Waals surface area contributed by atoms with Crippen LogP contribution < -0.4 is 5.32 Å². The summed E-state index contributed by atoms with van der Waals surface area (Å²) in [5.41, 5.74) is 0.653. The molecule has 3 rings (SSSR count). The minimum atomic E-state index is -0.311. The Kier molecular flexibility index (Phi) is 5.90. The quantitative estimate of drug-likeness (QED) is 0.747. The highest BCUT2D eigenvalue weighted by Crippen LogP contribution is 2.22. The first kappa shape index (κ1) is 19.1. The van der Waals surface area contributed by atoms with E-state index in [1.165, 1.54) is 0 Å². The van der Waals surface area contributed by atoms with Gasteiger partial charge in [0.05, 0.1) is 18.3 Å². The van der Waals surface area contributed by atoms with Gasteiger partial charge in [0.1, 0.15) is 5.82 Å². The second-order valence-corrected chi connectivity index (χ2v) is 6.73. The summed E-state index contributed by atoms with van der Waals surface area (Å²) in [5.74, 6) is 0.752. The SMILES string of the molecule is CCN(CC)C(=O)[C@@H]1C[C@@H](NC(=O)c2cc(C)no2)CN1Cc1ncc[nH]1. The molecule has 1 aliphatic heterocycles. The molecule has 2 amide bonds. The number of hydrogen-bond acceptors (Lipinski definition) is 6. The third kappa shape index (κ3) is 4.36. The van der Waals surface area contributed by atoms with Crippen LogP contribution in [-0.4, -0.2) is 68.5 Å². The molecular weight excluding hydrogens is 348 g/mol. The molecule has 0 saturated carbocycles. The highest BCUT2D eigenvalue weighted by Gasteiger charge is 2.39. The first-order chi connectivity index (χ1) is 13.0. The van der Waals surface area contributed by atoms with Gasteiger partial charge in [0.25, 0.3) is 5.91 Å². The van der Waals surface area contributed by atoms with Gasteiger partial charge in [-0.15, -0.1) is 0 Å². The maximum Gasteiger partial charge on any atom is 0.290 e. The molecule has 9 heteroatoms. The van der Waals surface area contributed by atoms with Crippen molar-refractivity contribution < 1.29 is 14.1 Å². The number of likely N-dealkylation sites (tertiary alicyclic amines) is 1. The Morgan fingerprint density at radius 2 is 2.19 bits per heavy atom. The minimum Gasteiger partial charge on any atom is -0.351 e. The lowest BCUT2D eigenvalue weighted by Crippen LogP contribution is -2.45. The number of H-pyrrole nitrogens is 1. The number of nitrogens with zero attached hydrogens (tertiary/aromatic N) is 4. The Bertz CT molecular complexity index is 768. The summed E-state index contributed by atoms with van der Waals surface area (Å²) in [4.78, 5) is 36.6. The number of aryl methyl sites for hydroxylation is 1. The van der Waals surface area contributed by atoms with Crippen molar-refractivity contribution in [3.63, 3.8) is 0 Å². The molecule has 3 heterocycles. The number of amides is 2. The lowest BCUT2D eigenvalue weighted by atomic mass is 10.1. The van der Waals surface area contributed by atoms with E-state index in [0.29, 0.717) is 38.3 Å². The predicted octanol–water partition coefficient (Wildman–Crippen LogP) is 0.947. The van der Waals surface area contributed by atoms with E-state index in [2.05, 4.69) is 25.3 Å². The fourth-order valence-electron chi connectivity index (χ4n) is 3.49. The zero-order valence-corrected chi connectivity index (χ0v) is 15.9. The Hall–Kier alpha value is -2.68. The average molecular weight is 374 g/mol. The molecule has 0 aromatic carbocycles. The second-order valence-electron chi connectivity index (χ2n) is 6.73. The molecular formula is C18H26N6O3. The number of carbonyl (C=O) groups excluding carboxylic acids is 2. The summed E-state index contributed by atoms with van der Waals surface area (Å²) in [6, 6.07) is 1.16. The van der Waals surface area contributed by atoms with Gasteiger partial charge < -0.3 is 19.7 Å². The Morgan fingerprint density at radius 1 is 1.41 bits per heavy atom. The van der Waals surface area contributed by atoms with Crippen LogP contribution in [-0.2, 0) is 11.3 Å². The van der Waals surface area contributed by atoms with Crippen molar-refractivity contribution in [2.24, 2.45) is 0 Å². The van der Waals surface area contributed by atoms with Crippen LogP contribution in [0.5, 0.6) is 0 Å². The third-order valence-electron chi connectivity index (χ3n) is 4.86. The number of likely N-dealkylation sites (N-methyl/N-ethyl adjacent to an activating group) is 1. The van der Waals surface area contributed by atoms with E-state index in [0.717, 1.165) is 5.82 Å². The van der Waals surface area contributed by atoms with Gasteiger partial charge >= 0.3 is 0 Å². The van der Waals surface area contributed by atoms with Gasteiger partial charge in [0.15, 0.2) is 0 Å². The van der Waals surface area contributed by atoms with Crippen LogP contribution in [0.2, 0.25) is 0 Å². The Balaban J connectivity index is 1.71. The summed E-state index contributed by atoms with van der Waals surface area (Å²) in [7, 11) is 0. The van der Waals surface area contributed by atoms with E-state index in [1.807, 2.05) is 18.7 Å². The number of carbonyl (C=O) groups is 2. The van der Waals surface area contributed by atoms with E-state index in [9.17, 15) is 9.59 Å². The molecule has 146 valence electrons. The molecule has 2 aromatic rings. The average Bonchev–Trinajstić information content (AvgIpc) is 3.38. The van der Waals surface area contributed by atoms with E-state index < -0.39 is 0 Å². The zero-order valence-electron chi connectivity index (χ0n) is 15.9. The summed E-state index contributed by atoms with van der Waals surface area (Å²) < 4.78 is 5.03. The zero-order chi connectivity index (χ0) is 19.4. The maximum atomic E-state index is 13.0. The van der Waals surface area contributed by atoms with Gasteiger partial charge in [-0.25, -0.2) is 4.98 Å². The molecule has 0 unspecified atom stereocenters. The molecule has 1 aliphatic rings. The number of aromatic nitrogens is 3. The van der Waals surface area contributed by atoms with E-state index in [4.69, 9.17) is 4.52 Å². The van der Waals surface area contributed by atoms with Crippen LogP contribution in [0.4, 0.5) is 0 Å². The second kappa shape index (κ2) is 8.34. The number of hydrogen-bond donors (Lipinski definition) is 2. The van der Waals surface area contributed by atoms with E-state index in [1.54, 1.807) is 25.4 Å². The molecule has 0 bridgehead atoms. The van der Waals surface area contributed by atoms with Crippen LogP contribution in [0.3, 0.4) is 0 Å². The van der Waals surface area contributed by atoms with Crippen molar-refractivity contribution in [1.29, 1.82) is 0 Å². The van der Waals surface area contributed by atoms with E-state index >= 15 is 0 Å². The lowest BCUT2D eigenvalue weighted by Gasteiger charge is -2.28. The standard InChI is InChI=1S/C18H26N6O3/c1-4-23(5-2)18(26)14-9-13(10-24(14)11-16-19-6-7-20-16)21-17(25)15-8-12(3)22-27-15/h6-8,13-14H,4-5,9-11H2,1-3H3,(H,19,20)(H,21,25)/t13-,14+/m1/s1. The highest BCUT2D eigenvalue weighted by molar-refractivity contribution is 5.91. The third-order valence-corrected chi connectivity index (χ3v) is 4.86. The van der Waals surface area contributed by atoms with Gasteiger partial charge in [-0.2, -0.15) is 0 Å². The van der Waals surface area contributed by atoms with Gasteiger partial charge in [-0.1, -0.05) is 5.16 Å². The smallest absolute Gasteiger partial charge is 0.290 e. The van der Waals surface area contributed by atoms with Gasteiger partial charge in [-0.05, 0) is 27.2 Å². The van der Waals surface area contributed by atoms with Crippen LogP contribution in [0.25, 0.3) is 0 Å². The first-order valence-corrected chi connectivity index (χ1v) is 9.27.